The minimum absolute atomic E-state index is 0.103. The molecule has 1 amide bonds. The summed E-state index contributed by atoms with van der Waals surface area (Å²) in [5.74, 6) is -3.29. The summed E-state index contributed by atoms with van der Waals surface area (Å²) in [5, 5.41) is 11.7. The molecule has 4 aromatic rings. The van der Waals surface area contributed by atoms with Crippen LogP contribution in [0.5, 0.6) is 0 Å². The lowest BCUT2D eigenvalue weighted by Crippen LogP contribution is -2.22. The summed E-state index contributed by atoms with van der Waals surface area (Å²) in [6.45, 7) is 0. The van der Waals surface area contributed by atoms with Crippen molar-refractivity contribution < 1.29 is 36.7 Å². The molecule has 38 heavy (non-hydrogen) atoms. The molecule has 0 radical (unpaired) electrons. The number of carbonyl (C=O) groups is 2. The highest BCUT2D eigenvalue weighted by Crippen LogP contribution is 2.36. The van der Waals surface area contributed by atoms with Gasteiger partial charge in [-0.1, -0.05) is 29.8 Å². The molecule has 0 spiro atoms. The minimum Gasteiger partial charge on any atom is -0.478 e. The van der Waals surface area contributed by atoms with E-state index >= 15 is 0 Å². The highest BCUT2D eigenvalue weighted by molar-refractivity contribution is 6.31. The predicted molar refractivity (Wildman–Crippen MR) is 133 cm³/mol. The van der Waals surface area contributed by atoms with Gasteiger partial charge in [-0.05, 0) is 53.6 Å². The minimum atomic E-state index is -4.94. The number of hydrogen-bond acceptors (Lipinski definition) is 4. The summed E-state index contributed by atoms with van der Waals surface area (Å²) in [6, 6.07) is 12.7. The van der Waals surface area contributed by atoms with Crippen LogP contribution in [-0.2, 0) is 22.2 Å². The summed E-state index contributed by atoms with van der Waals surface area (Å²) < 4.78 is 58.9. The Labute approximate surface area is 216 Å². The molecule has 0 aliphatic rings. The molecule has 1 heterocycles. The summed E-state index contributed by atoms with van der Waals surface area (Å²) in [5.41, 5.74) is -1.91. The third-order valence-electron chi connectivity index (χ3n) is 5.46. The van der Waals surface area contributed by atoms with E-state index in [1.807, 2.05) is 0 Å². The molecule has 0 aliphatic carbocycles. The number of aliphatic carboxylic acids is 1. The average molecular weight is 546 g/mol. The van der Waals surface area contributed by atoms with Crippen molar-refractivity contribution in [2.24, 2.45) is 0 Å². The van der Waals surface area contributed by atoms with Crippen LogP contribution in [0.25, 0.3) is 28.2 Å². The molecule has 1 aromatic heterocycles. The molecule has 4 rings (SSSR count). The Kier molecular flexibility index (Phi) is 7.36. The standard InChI is InChI=1S/C27H16ClF4NO5/c28-16-5-7-18-22(11-16)38-26(37)19(25(18)15-3-1-2-14(10-15)4-9-24(35)36)13-23(34)33-21-8-6-17(29)12-20(21)27(30,31)32/h1-12H,13H2,(H,33,34)(H,35,36)/b9-4+. The second kappa shape index (κ2) is 10.5. The van der Waals surface area contributed by atoms with Crippen molar-refractivity contribution in [1.82, 2.24) is 0 Å². The number of halogens is 5. The zero-order valence-corrected chi connectivity index (χ0v) is 19.9. The van der Waals surface area contributed by atoms with E-state index in [4.69, 9.17) is 21.1 Å². The van der Waals surface area contributed by atoms with Crippen LogP contribution in [0.15, 0.2) is 76.0 Å². The fraction of sp³-hybridized carbons (Fsp3) is 0.0741. The average Bonchev–Trinajstić information content (AvgIpc) is 2.84. The van der Waals surface area contributed by atoms with E-state index in [1.165, 1.54) is 18.2 Å². The lowest BCUT2D eigenvalue weighted by atomic mass is 9.94. The molecule has 0 unspecified atom stereocenters. The molecule has 3 aromatic carbocycles. The molecule has 0 aliphatic heterocycles. The first-order valence-electron chi connectivity index (χ1n) is 10.9. The van der Waals surface area contributed by atoms with Crippen LogP contribution in [0.1, 0.15) is 16.7 Å². The van der Waals surface area contributed by atoms with Crippen LogP contribution in [0, 0.1) is 5.82 Å². The number of carboxylic acids is 1. The molecular formula is C27H16ClF4NO5. The van der Waals surface area contributed by atoms with Crippen LogP contribution < -0.4 is 10.9 Å². The van der Waals surface area contributed by atoms with Crippen molar-refractivity contribution >= 4 is 46.2 Å². The first kappa shape index (κ1) is 26.6. The third-order valence-corrected chi connectivity index (χ3v) is 5.69. The van der Waals surface area contributed by atoms with Crippen LogP contribution in [0.4, 0.5) is 23.2 Å². The molecule has 0 fully saturated rings. The van der Waals surface area contributed by atoms with Gasteiger partial charge in [0.05, 0.1) is 23.2 Å². The summed E-state index contributed by atoms with van der Waals surface area (Å²) in [7, 11) is 0. The van der Waals surface area contributed by atoms with Gasteiger partial charge in [-0.15, -0.1) is 0 Å². The molecular weight excluding hydrogens is 530 g/mol. The maximum Gasteiger partial charge on any atom is 0.418 e. The van der Waals surface area contributed by atoms with Crippen molar-refractivity contribution in [3.63, 3.8) is 0 Å². The molecule has 0 saturated carbocycles. The van der Waals surface area contributed by atoms with E-state index in [2.05, 4.69) is 5.32 Å². The lowest BCUT2D eigenvalue weighted by Gasteiger charge is -2.15. The zero-order chi connectivity index (χ0) is 27.6. The number of benzene rings is 3. The van der Waals surface area contributed by atoms with Gasteiger partial charge in [-0.2, -0.15) is 13.2 Å². The van der Waals surface area contributed by atoms with Gasteiger partial charge in [-0.3, -0.25) is 4.79 Å². The molecule has 11 heteroatoms. The van der Waals surface area contributed by atoms with Gasteiger partial charge in [-0.25, -0.2) is 14.0 Å². The Morgan fingerprint density at radius 2 is 1.82 bits per heavy atom. The quantitative estimate of drug-likeness (QED) is 0.163. The van der Waals surface area contributed by atoms with Gasteiger partial charge in [0.25, 0.3) is 0 Å². The number of nitrogens with one attached hydrogen (secondary N) is 1. The summed E-state index contributed by atoms with van der Waals surface area (Å²) >= 11 is 6.03. The second-order valence-corrected chi connectivity index (χ2v) is 8.53. The topological polar surface area (TPSA) is 96.6 Å². The Morgan fingerprint density at radius 3 is 2.53 bits per heavy atom. The Bertz CT molecular complexity index is 1660. The Balaban J connectivity index is 1.82. The lowest BCUT2D eigenvalue weighted by molar-refractivity contribution is -0.137. The Hall–Kier alpha value is -4.44. The predicted octanol–water partition coefficient (Wildman–Crippen LogP) is 6.55. The maximum absolute atomic E-state index is 13.5. The smallest absolute Gasteiger partial charge is 0.418 e. The molecule has 2 N–H and O–H groups in total. The third kappa shape index (κ3) is 5.92. The monoisotopic (exact) mass is 545 g/mol. The molecule has 6 nitrogen and oxygen atoms in total. The Morgan fingerprint density at radius 1 is 1.05 bits per heavy atom. The number of carbonyl (C=O) groups excluding carboxylic acids is 1. The van der Waals surface area contributed by atoms with Gasteiger partial charge in [0.1, 0.15) is 11.4 Å². The molecule has 0 saturated heterocycles. The number of carboxylic acid groups (broad SMARTS) is 1. The SMILES string of the molecule is O=C(O)/C=C/c1cccc(-c2c(CC(=O)Nc3ccc(F)cc3C(F)(F)F)c(=O)oc3cc(Cl)ccc23)c1. The van der Waals surface area contributed by atoms with E-state index < -0.39 is 47.2 Å². The number of alkyl halides is 3. The van der Waals surface area contributed by atoms with Gasteiger partial charge < -0.3 is 14.8 Å². The summed E-state index contributed by atoms with van der Waals surface area (Å²) in [4.78, 5) is 36.8. The van der Waals surface area contributed by atoms with Crippen molar-refractivity contribution in [3.05, 3.63) is 105 Å². The van der Waals surface area contributed by atoms with Crippen molar-refractivity contribution in [2.45, 2.75) is 12.6 Å². The molecule has 0 bridgehead atoms. The van der Waals surface area contributed by atoms with Crippen molar-refractivity contribution in [3.8, 4) is 11.1 Å². The number of fused-ring (bicyclic) bond motifs is 1. The first-order valence-corrected chi connectivity index (χ1v) is 11.2. The molecule has 194 valence electrons. The van der Waals surface area contributed by atoms with Crippen molar-refractivity contribution in [1.29, 1.82) is 0 Å². The van der Waals surface area contributed by atoms with Crippen molar-refractivity contribution in [2.75, 3.05) is 5.32 Å². The first-order chi connectivity index (χ1) is 17.9. The van der Waals surface area contributed by atoms with E-state index in [0.717, 1.165) is 18.2 Å². The van der Waals surface area contributed by atoms with Gasteiger partial charge in [0.15, 0.2) is 0 Å². The van der Waals surface area contributed by atoms with E-state index in [9.17, 15) is 31.9 Å². The largest absolute Gasteiger partial charge is 0.478 e. The maximum atomic E-state index is 13.5. The number of rotatable bonds is 6. The van der Waals surface area contributed by atoms with Crippen LogP contribution in [0.3, 0.4) is 0 Å². The van der Waals surface area contributed by atoms with Gasteiger partial charge in [0.2, 0.25) is 5.91 Å². The number of anilines is 1. The zero-order valence-electron chi connectivity index (χ0n) is 19.1. The normalized spacial score (nSPS) is 11.7. The highest BCUT2D eigenvalue weighted by atomic mass is 35.5. The fourth-order valence-electron chi connectivity index (χ4n) is 3.88. The summed E-state index contributed by atoms with van der Waals surface area (Å²) in [6.07, 6.45) is -3.37. The van der Waals surface area contributed by atoms with Gasteiger partial charge in [0, 0.05) is 28.1 Å². The van der Waals surface area contributed by atoms with E-state index in [0.29, 0.717) is 16.5 Å². The highest BCUT2D eigenvalue weighted by Gasteiger charge is 2.34. The van der Waals surface area contributed by atoms with E-state index in [1.54, 1.807) is 30.3 Å². The van der Waals surface area contributed by atoms with Gasteiger partial charge >= 0.3 is 17.8 Å². The number of amides is 1. The van der Waals surface area contributed by atoms with Crippen LogP contribution in [-0.4, -0.2) is 17.0 Å². The van der Waals surface area contributed by atoms with E-state index in [-0.39, 0.29) is 27.8 Å². The van der Waals surface area contributed by atoms with Crippen LogP contribution >= 0.6 is 11.6 Å². The molecule has 0 atom stereocenters. The fourth-order valence-corrected chi connectivity index (χ4v) is 4.05. The number of hydrogen-bond donors (Lipinski definition) is 2. The second-order valence-electron chi connectivity index (χ2n) is 8.09. The van der Waals surface area contributed by atoms with Crippen LogP contribution in [0.2, 0.25) is 5.02 Å².